The molecule has 0 aliphatic rings. The van der Waals surface area contributed by atoms with E-state index >= 15 is 0 Å². The Morgan fingerprint density at radius 3 is 2.81 bits per heavy atom. The molecule has 5 heteroatoms. The summed E-state index contributed by atoms with van der Waals surface area (Å²) >= 11 is 0. The molecule has 0 spiro atoms. The van der Waals surface area contributed by atoms with Gasteiger partial charge in [-0.1, -0.05) is 0 Å². The fourth-order valence-corrected chi connectivity index (χ4v) is 1.36. The summed E-state index contributed by atoms with van der Waals surface area (Å²) in [7, 11) is 0. The zero-order chi connectivity index (χ0) is 11.4. The van der Waals surface area contributed by atoms with E-state index in [9.17, 15) is 0 Å². The van der Waals surface area contributed by atoms with Crippen LogP contribution in [0.5, 0.6) is 0 Å². The quantitative estimate of drug-likeness (QED) is 0.844. The van der Waals surface area contributed by atoms with Gasteiger partial charge in [-0.25, -0.2) is 4.98 Å². The molecule has 1 atom stereocenters. The van der Waals surface area contributed by atoms with Crippen molar-refractivity contribution in [1.29, 1.82) is 0 Å². The van der Waals surface area contributed by atoms with Crippen molar-refractivity contribution in [2.24, 2.45) is 0 Å². The third kappa shape index (κ3) is 2.64. The zero-order valence-electron chi connectivity index (χ0n) is 9.34. The Bertz CT molecular complexity index is 440. The second-order valence-corrected chi connectivity index (χ2v) is 3.60. The van der Waals surface area contributed by atoms with Gasteiger partial charge in [0.15, 0.2) is 0 Å². The lowest BCUT2D eigenvalue weighted by Gasteiger charge is -2.10. The number of oxazole rings is 1. The maximum absolute atomic E-state index is 5.36. The molecular weight excluding hydrogens is 204 g/mol. The van der Waals surface area contributed by atoms with Crippen molar-refractivity contribution in [2.45, 2.75) is 26.4 Å². The molecule has 84 valence electrons. The van der Waals surface area contributed by atoms with Gasteiger partial charge in [0.25, 0.3) is 0 Å². The van der Waals surface area contributed by atoms with Crippen LogP contribution in [-0.4, -0.2) is 15.0 Å². The van der Waals surface area contributed by atoms with Crippen molar-refractivity contribution < 1.29 is 4.42 Å². The minimum absolute atomic E-state index is 0.126. The highest BCUT2D eigenvalue weighted by Crippen LogP contribution is 2.08. The van der Waals surface area contributed by atoms with Crippen molar-refractivity contribution in [3.05, 3.63) is 42.1 Å². The maximum atomic E-state index is 5.36. The molecule has 1 unspecified atom stereocenters. The molecule has 0 aliphatic heterocycles. The minimum atomic E-state index is 0.126. The number of hydrogen-bond donors (Lipinski definition) is 1. The highest BCUT2D eigenvalue weighted by Gasteiger charge is 2.07. The fraction of sp³-hybridized carbons (Fsp3) is 0.364. The summed E-state index contributed by atoms with van der Waals surface area (Å²) in [5, 5.41) is 3.27. The van der Waals surface area contributed by atoms with Crippen LogP contribution < -0.4 is 5.32 Å². The van der Waals surface area contributed by atoms with Crippen LogP contribution in [0, 0.1) is 6.92 Å². The maximum Gasteiger partial charge on any atom is 0.208 e. The van der Waals surface area contributed by atoms with Crippen LogP contribution in [0.25, 0.3) is 0 Å². The number of aryl methyl sites for hydroxylation is 1. The second kappa shape index (κ2) is 4.85. The number of aromatic nitrogens is 3. The second-order valence-electron chi connectivity index (χ2n) is 3.60. The van der Waals surface area contributed by atoms with E-state index in [1.807, 2.05) is 13.8 Å². The van der Waals surface area contributed by atoms with Gasteiger partial charge in [-0.3, -0.25) is 9.97 Å². The number of rotatable bonds is 4. The van der Waals surface area contributed by atoms with Gasteiger partial charge in [-0.2, -0.15) is 0 Å². The smallest absolute Gasteiger partial charge is 0.208 e. The summed E-state index contributed by atoms with van der Waals surface area (Å²) in [6.45, 7) is 4.49. The molecule has 5 nitrogen and oxygen atoms in total. The molecule has 0 bridgehead atoms. The van der Waals surface area contributed by atoms with Gasteiger partial charge in [0.1, 0.15) is 5.76 Å². The van der Waals surface area contributed by atoms with Gasteiger partial charge in [0, 0.05) is 24.6 Å². The summed E-state index contributed by atoms with van der Waals surface area (Å²) in [5.41, 5.74) is 0.908. The third-order valence-electron chi connectivity index (χ3n) is 2.26. The van der Waals surface area contributed by atoms with E-state index in [1.54, 1.807) is 24.8 Å². The minimum Gasteiger partial charge on any atom is -0.445 e. The molecule has 0 amide bonds. The average molecular weight is 218 g/mol. The van der Waals surface area contributed by atoms with Crippen LogP contribution in [0.15, 0.2) is 29.2 Å². The van der Waals surface area contributed by atoms with Crippen molar-refractivity contribution in [3.8, 4) is 0 Å². The Morgan fingerprint density at radius 1 is 1.31 bits per heavy atom. The standard InChI is InChI=1S/C11H14N4O/c1-8-5-15-11(16-8)7-14-9(2)10-6-12-3-4-13-10/h3-6,9,14H,7H2,1-2H3. The molecule has 0 aromatic carbocycles. The normalized spacial score (nSPS) is 12.6. The first-order chi connectivity index (χ1) is 7.75. The topological polar surface area (TPSA) is 63.8 Å². The predicted molar refractivity (Wildman–Crippen MR) is 58.5 cm³/mol. The molecule has 0 saturated heterocycles. The van der Waals surface area contributed by atoms with E-state index in [1.165, 1.54) is 0 Å². The van der Waals surface area contributed by atoms with Gasteiger partial charge in [-0.15, -0.1) is 0 Å². The fourth-order valence-electron chi connectivity index (χ4n) is 1.36. The van der Waals surface area contributed by atoms with E-state index in [4.69, 9.17) is 4.42 Å². The molecule has 2 heterocycles. The number of nitrogens with zero attached hydrogens (tertiary/aromatic N) is 3. The van der Waals surface area contributed by atoms with Crippen LogP contribution >= 0.6 is 0 Å². The Balaban J connectivity index is 1.91. The van der Waals surface area contributed by atoms with E-state index < -0.39 is 0 Å². The van der Waals surface area contributed by atoms with Crippen molar-refractivity contribution >= 4 is 0 Å². The molecule has 0 aliphatic carbocycles. The van der Waals surface area contributed by atoms with Crippen LogP contribution in [0.1, 0.15) is 30.3 Å². The average Bonchev–Trinajstić information content (AvgIpc) is 2.73. The lowest BCUT2D eigenvalue weighted by atomic mass is 10.2. The van der Waals surface area contributed by atoms with Gasteiger partial charge in [0.05, 0.1) is 18.4 Å². The SMILES string of the molecule is Cc1cnc(CNC(C)c2cnccn2)o1. The summed E-state index contributed by atoms with van der Waals surface area (Å²) < 4.78 is 5.36. The lowest BCUT2D eigenvalue weighted by Crippen LogP contribution is -2.19. The van der Waals surface area contributed by atoms with E-state index in [0.29, 0.717) is 12.4 Å². The molecule has 0 fully saturated rings. The molecule has 2 aromatic rings. The Kier molecular flexibility index (Phi) is 3.26. The van der Waals surface area contributed by atoms with Gasteiger partial charge >= 0.3 is 0 Å². The van der Waals surface area contributed by atoms with Gasteiger partial charge in [0.2, 0.25) is 5.89 Å². The molecule has 16 heavy (non-hydrogen) atoms. The zero-order valence-corrected chi connectivity index (χ0v) is 9.34. The molecule has 2 aromatic heterocycles. The molecule has 0 radical (unpaired) electrons. The Hall–Kier alpha value is -1.75. The van der Waals surface area contributed by atoms with Crippen LogP contribution in [0.3, 0.4) is 0 Å². The molecule has 1 N–H and O–H groups in total. The highest BCUT2D eigenvalue weighted by molar-refractivity contribution is 5.01. The van der Waals surface area contributed by atoms with Crippen LogP contribution in [0.4, 0.5) is 0 Å². The van der Waals surface area contributed by atoms with Crippen molar-refractivity contribution in [1.82, 2.24) is 20.3 Å². The Labute approximate surface area is 94.0 Å². The molecule has 0 saturated carbocycles. The van der Waals surface area contributed by atoms with E-state index in [2.05, 4.69) is 20.3 Å². The summed E-state index contributed by atoms with van der Waals surface area (Å²) in [4.78, 5) is 12.4. The lowest BCUT2D eigenvalue weighted by molar-refractivity contribution is 0.429. The summed E-state index contributed by atoms with van der Waals surface area (Å²) in [6, 6.07) is 0.126. The number of nitrogens with one attached hydrogen (secondary N) is 1. The molecule has 2 rings (SSSR count). The first kappa shape index (κ1) is 10.8. The first-order valence-corrected chi connectivity index (χ1v) is 5.16. The van der Waals surface area contributed by atoms with E-state index in [0.717, 1.165) is 11.5 Å². The monoisotopic (exact) mass is 218 g/mol. The van der Waals surface area contributed by atoms with Crippen molar-refractivity contribution in [3.63, 3.8) is 0 Å². The number of hydrogen-bond acceptors (Lipinski definition) is 5. The third-order valence-corrected chi connectivity index (χ3v) is 2.26. The van der Waals surface area contributed by atoms with Crippen LogP contribution in [-0.2, 0) is 6.54 Å². The highest BCUT2D eigenvalue weighted by atomic mass is 16.4. The largest absolute Gasteiger partial charge is 0.445 e. The van der Waals surface area contributed by atoms with Gasteiger partial charge in [-0.05, 0) is 13.8 Å². The molecular formula is C11H14N4O. The van der Waals surface area contributed by atoms with Crippen LogP contribution in [0.2, 0.25) is 0 Å². The van der Waals surface area contributed by atoms with E-state index in [-0.39, 0.29) is 6.04 Å². The Morgan fingerprint density at radius 2 is 2.19 bits per heavy atom. The summed E-state index contributed by atoms with van der Waals surface area (Å²) in [6.07, 6.45) is 6.80. The summed E-state index contributed by atoms with van der Waals surface area (Å²) in [5.74, 6) is 1.51. The first-order valence-electron chi connectivity index (χ1n) is 5.16. The van der Waals surface area contributed by atoms with Crippen molar-refractivity contribution in [2.75, 3.05) is 0 Å². The van der Waals surface area contributed by atoms with Gasteiger partial charge < -0.3 is 9.73 Å². The predicted octanol–water partition coefficient (Wildman–Crippen LogP) is 1.62.